The first-order valence-electron chi connectivity index (χ1n) is 21.1. The molecule has 10 aliphatic rings. The molecular formula is C47H59NO5S. The van der Waals surface area contributed by atoms with Gasteiger partial charge in [-0.3, -0.25) is 4.79 Å². The van der Waals surface area contributed by atoms with Crippen LogP contribution in [0.2, 0.25) is 0 Å². The molecule has 2 spiro atoms. The van der Waals surface area contributed by atoms with Crippen LogP contribution >= 0.6 is 0 Å². The van der Waals surface area contributed by atoms with Crippen molar-refractivity contribution in [1.82, 2.24) is 4.31 Å². The number of benzene rings is 2. The normalized spacial score (nSPS) is 45.6. The van der Waals surface area contributed by atoms with Gasteiger partial charge in [-0.05, 0) is 135 Å². The van der Waals surface area contributed by atoms with E-state index >= 15 is 4.79 Å². The highest BCUT2D eigenvalue weighted by Gasteiger charge is 2.74. The Hall–Kier alpha value is -2.58. The number of nitrogens with zero attached hydrogens (tertiary/aromatic N) is 1. The summed E-state index contributed by atoms with van der Waals surface area (Å²) in [6, 6.07) is 18.1. The van der Waals surface area contributed by atoms with E-state index in [1.54, 1.807) is 4.31 Å². The van der Waals surface area contributed by atoms with Gasteiger partial charge < -0.3 is 10.2 Å². The van der Waals surface area contributed by atoms with E-state index in [-0.39, 0.29) is 35.0 Å². The van der Waals surface area contributed by atoms with Crippen molar-refractivity contribution in [2.24, 2.45) is 56.7 Å². The van der Waals surface area contributed by atoms with Crippen LogP contribution in [0.5, 0.6) is 0 Å². The van der Waals surface area contributed by atoms with Crippen molar-refractivity contribution >= 4 is 15.8 Å². The van der Waals surface area contributed by atoms with Gasteiger partial charge in [-0.1, -0.05) is 86.7 Å². The van der Waals surface area contributed by atoms with Gasteiger partial charge in [-0.25, -0.2) is 8.42 Å². The fourth-order valence-corrected chi connectivity index (χ4v) is 16.7. The molecule has 2 aromatic carbocycles. The van der Waals surface area contributed by atoms with Crippen molar-refractivity contribution < 1.29 is 23.4 Å². The summed E-state index contributed by atoms with van der Waals surface area (Å²) < 4.78 is 29.3. The molecule has 54 heavy (non-hydrogen) atoms. The average Bonchev–Trinajstić information content (AvgIpc) is 3.40. The number of allylic oxidation sites excluding steroid dienone is 4. The zero-order valence-electron chi connectivity index (χ0n) is 32.5. The molecule has 0 saturated heterocycles. The summed E-state index contributed by atoms with van der Waals surface area (Å²) in [6.45, 7) is 5.30. The summed E-state index contributed by atoms with van der Waals surface area (Å²) in [7, 11) is -3.59. The van der Waals surface area contributed by atoms with Gasteiger partial charge in [0.2, 0.25) is 10.0 Å². The Morgan fingerprint density at radius 2 is 1.39 bits per heavy atom. The van der Waals surface area contributed by atoms with Crippen molar-refractivity contribution in [2.75, 3.05) is 19.3 Å². The minimum Gasteiger partial charge on any atom is -0.393 e. The van der Waals surface area contributed by atoms with Gasteiger partial charge >= 0.3 is 0 Å². The van der Waals surface area contributed by atoms with Gasteiger partial charge in [0.05, 0.1) is 18.0 Å². The summed E-state index contributed by atoms with van der Waals surface area (Å²) in [5, 5.41) is 24.4. The predicted octanol–water partition coefficient (Wildman–Crippen LogP) is 8.61. The minimum atomic E-state index is -3.59. The molecule has 10 aliphatic carbocycles. The molecule has 0 aliphatic heterocycles. The Balaban J connectivity index is 1.06. The third kappa shape index (κ3) is 4.86. The topological polar surface area (TPSA) is 94.9 Å². The standard InChI is InChI=1S/C47H59NO5S/c1-42-16-13-35(49)27-45(42)19-20-47(38(28-45)41(50)37-12-8-7-11-36(37)34-9-5-4-6-10-34)39(42)14-17-43(2)40(47)15-18-46(43,51)30-48(54(3,52)53)29-44-24-31-21-32(25-44)23-33(22-31)26-44/h4-12,19-20,28,31-33,35,39-40,49,51H,13-18,21-27,29-30H2,1-3H3/t31?,32?,33?,35?,39-,40-,42-,43+,44?,45+,46-,47-/m1/s1. The molecule has 6 bridgehead atoms. The highest BCUT2D eigenvalue weighted by molar-refractivity contribution is 7.88. The number of hydrogen-bond acceptors (Lipinski definition) is 5. The second-order valence-corrected chi connectivity index (χ2v) is 22.5. The summed E-state index contributed by atoms with van der Waals surface area (Å²) in [4.78, 5) is 15.5. The molecule has 1 unspecified atom stereocenters. The van der Waals surface area contributed by atoms with Gasteiger partial charge in [0.15, 0.2) is 5.78 Å². The van der Waals surface area contributed by atoms with Gasteiger partial charge in [-0.15, -0.1) is 0 Å². The number of aliphatic hydroxyl groups excluding tert-OH is 1. The molecular weight excluding hydrogens is 691 g/mol. The van der Waals surface area contributed by atoms with Gasteiger partial charge in [-0.2, -0.15) is 4.31 Å². The number of carbonyl (C=O) groups is 1. The Kier molecular flexibility index (Phi) is 7.78. The molecule has 0 heterocycles. The van der Waals surface area contributed by atoms with Crippen molar-refractivity contribution in [3.63, 3.8) is 0 Å². The van der Waals surface area contributed by atoms with Gasteiger partial charge in [0.1, 0.15) is 0 Å². The van der Waals surface area contributed by atoms with Gasteiger partial charge in [0, 0.05) is 40.5 Å². The molecule has 7 heteroatoms. The summed E-state index contributed by atoms with van der Waals surface area (Å²) in [5.41, 5.74) is 0.496. The quantitative estimate of drug-likeness (QED) is 0.208. The monoisotopic (exact) mass is 749 g/mol. The molecule has 288 valence electrons. The maximum Gasteiger partial charge on any atom is 0.211 e. The van der Waals surface area contributed by atoms with E-state index in [1.807, 2.05) is 42.5 Å². The fraction of sp³-hybridized carbons (Fsp3) is 0.638. The Bertz CT molecular complexity index is 2020. The van der Waals surface area contributed by atoms with E-state index in [0.717, 1.165) is 85.8 Å². The van der Waals surface area contributed by atoms with Crippen molar-refractivity contribution in [1.29, 1.82) is 0 Å². The van der Waals surface area contributed by atoms with Crippen molar-refractivity contribution in [3.8, 4) is 11.1 Å². The molecule has 12 rings (SSSR count). The number of aliphatic hydroxyl groups is 2. The lowest BCUT2D eigenvalue weighted by molar-refractivity contribution is -0.175. The Morgan fingerprint density at radius 3 is 2.07 bits per heavy atom. The molecule has 7 saturated carbocycles. The lowest BCUT2D eigenvalue weighted by Crippen LogP contribution is -2.67. The molecule has 8 atom stereocenters. The van der Waals surface area contributed by atoms with Crippen LogP contribution in [0.4, 0.5) is 0 Å². The second kappa shape index (κ2) is 11.7. The lowest BCUT2D eigenvalue weighted by Gasteiger charge is -2.71. The molecule has 6 nitrogen and oxygen atoms in total. The first kappa shape index (κ1) is 35.8. The number of sulfonamides is 1. The van der Waals surface area contributed by atoms with Crippen LogP contribution in [0.1, 0.15) is 108 Å². The van der Waals surface area contributed by atoms with E-state index < -0.39 is 38.0 Å². The minimum absolute atomic E-state index is 0.0247. The van der Waals surface area contributed by atoms with E-state index in [1.165, 1.54) is 25.5 Å². The SMILES string of the molecule is C[C@]12CC[C@H]3[C@]4(C=C[C@@]5(C=C4C(=O)c4ccccc4-c4ccccc4)CC(O)CC[C@]35C)[C@@H]1CC[C@@]2(O)CN(CC12CC3CC(CC(C3)C1)C2)S(C)(=O)=O. The van der Waals surface area contributed by atoms with E-state index in [9.17, 15) is 18.6 Å². The number of carbonyl (C=O) groups excluding carboxylic acids is 1. The largest absolute Gasteiger partial charge is 0.393 e. The highest BCUT2D eigenvalue weighted by atomic mass is 32.2. The zero-order chi connectivity index (χ0) is 37.5. The number of Topliss-reactive ketones (excluding diaryl/α,β-unsaturated/α-hetero) is 1. The van der Waals surface area contributed by atoms with Crippen LogP contribution in [0, 0.1) is 56.7 Å². The highest BCUT2D eigenvalue weighted by Crippen LogP contribution is 2.78. The fourth-order valence-electron chi connectivity index (χ4n) is 15.7. The van der Waals surface area contributed by atoms with E-state index in [2.05, 4.69) is 44.2 Å². The number of fused-ring (bicyclic) bond motifs is 1. The lowest BCUT2D eigenvalue weighted by atomic mass is 9.32. The number of hydrogen-bond donors (Lipinski definition) is 2. The first-order chi connectivity index (χ1) is 25.6. The smallest absolute Gasteiger partial charge is 0.211 e. The third-order valence-corrected chi connectivity index (χ3v) is 19.0. The van der Waals surface area contributed by atoms with Crippen LogP contribution < -0.4 is 0 Å². The number of ketones is 1. The summed E-state index contributed by atoms with van der Waals surface area (Å²) in [6.07, 6.45) is 20.4. The van der Waals surface area contributed by atoms with Crippen molar-refractivity contribution in [2.45, 2.75) is 109 Å². The van der Waals surface area contributed by atoms with E-state index in [0.29, 0.717) is 24.9 Å². The average molecular weight is 750 g/mol. The van der Waals surface area contributed by atoms with Crippen LogP contribution in [-0.2, 0) is 10.0 Å². The summed E-state index contributed by atoms with van der Waals surface area (Å²) in [5.74, 6) is 2.34. The van der Waals surface area contributed by atoms with E-state index in [4.69, 9.17) is 0 Å². The third-order valence-electron chi connectivity index (χ3n) is 17.8. The molecule has 0 amide bonds. The van der Waals surface area contributed by atoms with Crippen LogP contribution in [0.3, 0.4) is 0 Å². The Labute approximate surface area is 322 Å². The predicted molar refractivity (Wildman–Crippen MR) is 212 cm³/mol. The maximum absolute atomic E-state index is 15.5. The molecule has 0 radical (unpaired) electrons. The molecule has 2 aromatic rings. The first-order valence-corrected chi connectivity index (χ1v) is 23.0. The number of rotatable bonds is 8. The zero-order valence-corrected chi connectivity index (χ0v) is 33.3. The van der Waals surface area contributed by atoms with Crippen molar-refractivity contribution in [3.05, 3.63) is 84.0 Å². The van der Waals surface area contributed by atoms with Crippen LogP contribution in [0.15, 0.2) is 78.4 Å². The van der Waals surface area contributed by atoms with Crippen LogP contribution in [-0.4, -0.2) is 59.8 Å². The maximum atomic E-state index is 15.5. The van der Waals surface area contributed by atoms with Gasteiger partial charge in [0.25, 0.3) is 0 Å². The molecule has 2 N–H and O–H groups in total. The second-order valence-electron chi connectivity index (χ2n) is 20.5. The van der Waals surface area contributed by atoms with Crippen LogP contribution in [0.25, 0.3) is 11.1 Å². The summed E-state index contributed by atoms with van der Waals surface area (Å²) >= 11 is 0. The molecule has 7 fully saturated rings. The Morgan fingerprint density at radius 1 is 0.778 bits per heavy atom. The molecule has 0 aromatic heterocycles.